The van der Waals surface area contributed by atoms with Gasteiger partial charge in [0, 0.05) is 54.3 Å². The summed E-state index contributed by atoms with van der Waals surface area (Å²) in [7, 11) is 0. The second kappa shape index (κ2) is 9.65. The summed E-state index contributed by atoms with van der Waals surface area (Å²) >= 11 is 0. The molecule has 4 rings (SSSR count). The van der Waals surface area contributed by atoms with Gasteiger partial charge in [0.05, 0.1) is 22.7 Å². The van der Waals surface area contributed by atoms with Crippen LogP contribution in [-0.4, -0.2) is 32.1 Å². The van der Waals surface area contributed by atoms with E-state index in [9.17, 15) is 14.9 Å². The van der Waals surface area contributed by atoms with Crippen molar-refractivity contribution in [2.75, 3.05) is 6.54 Å². The van der Waals surface area contributed by atoms with Gasteiger partial charge in [0.15, 0.2) is 0 Å². The minimum Gasteiger partial charge on any atom is -0.355 e. The molecule has 2 heterocycles. The van der Waals surface area contributed by atoms with Gasteiger partial charge in [-0.15, -0.1) is 0 Å². The van der Waals surface area contributed by atoms with Gasteiger partial charge in [-0.25, -0.2) is 4.68 Å². The highest BCUT2D eigenvalue weighted by molar-refractivity contribution is 5.81. The highest BCUT2D eigenvalue weighted by Gasteiger charge is 2.16. The predicted octanol–water partition coefficient (Wildman–Crippen LogP) is 3.74. The number of non-ortho nitro benzene ring substituents is 1. The number of hydrogen-bond acceptors (Lipinski definition) is 5. The maximum Gasteiger partial charge on any atom is 0.269 e. The molecule has 0 aliphatic carbocycles. The lowest BCUT2D eigenvalue weighted by Crippen LogP contribution is -2.27. The van der Waals surface area contributed by atoms with Crippen LogP contribution in [0.2, 0.25) is 0 Å². The number of nitrogens with zero attached hydrogens (tertiary/aromatic N) is 4. The van der Waals surface area contributed by atoms with Crippen molar-refractivity contribution in [2.24, 2.45) is 0 Å². The summed E-state index contributed by atoms with van der Waals surface area (Å²) < 4.78 is 1.72. The average Bonchev–Trinajstić information content (AvgIpc) is 3.24. The average molecular weight is 427 g/mol. The zero-order valence-electron chi connectivity index (χ0n) is 17.2. The van der Waals surface area contributed by atoms with E-state index in [-0.39, 0.29) is 18.0 Å². The van der Waals surface area contributed by atoms with Crippen molar-refractivity contribution in [2.45, 2.75) is 12.8 Å². The molecule has 0 fully saturated rings. The quantitative estimate of drug-likeness (QED) is 0.341. The fourth-order valence-corrected chi connectivity index (χ4v) is 3.35. The van der Waals surface area contributed by atoms with Crippen LogP contribution in [-0.2, 0) is 17.6 Å². The van der Waals surface area contributed by atoms with Gasteiger partial charge in [-0.3, -0.25) is 19.9 Å². The number of nitro benzene ring substituents is 1. The highest BCUT2D eigenvalue weighted by atomic mass is 16.6. The number of rotatable bonds is 8. The van der Waals surface area contributed by atoms with Crippen molar-refractivity contribution in [1.82, 2.24) is 20.1 Å². The van der Waals surface area contributed by atoms with Gasteiger partial charge in [0.25, 0.3) is 5.69 Å². The van der Waals surface area contributed by atoms with Crippen LogP contribution in [0.15, 0.2) is 85.2 Å². The Bertz CT molecular complexity index is 1210. The molecule has 32 heavy (non-hydrogen) atoms. The van der Waals surface area contributed by atoms with Crippen LogP contribution in [0.1, 0.15) is 11.3 Å². The van der Waals surface area contributed by atoms with Crippen LogP contribution in [0, 0.1) is 10.1 Å². The number of hydrogen-bond donors (Lipinski definition) is 1. The molecule has 8 heteroatoms. The first-order valence-electron chi connectivity index (χ1n) is 10.2. The molecule has 0 aliphatic rings. The maximum absolute atomic E-state index is 12.6. The molecule has 4 aromatic rings. The lowest BCUT2D eigenvalue weighted by Gasteiger charge is -2.05. The minimum atomic E-state index is -0.442. The Labute approximate surface area is 184 Å². The second-order valence-corrected chi connectivity index (χ2v) is 7.18. The van der Waals surface area contributed by atoms with E-state index in [0.29, 0.717) is 24.2 Å². The topological polar surface area (TPSA) is 103 Å². The summed E-state index contributed by atoms with van der Waals surface area (Å²) in [5.74, 6) is -0.128. The van der Waals surface area contributed by atoms with Crippen LogP contribution in [0.3, 0.4) is 0 Å². The van der Waals surface area contributed by atoms with E-state index in [2.05, 4.69) is 15.4 Å². The number of carbonyl (C=O) groups is 1. The molecule has 0 saturated heterocycles. The Balaban J connectivity index is 1.54. The molecule has 1 N–H and O–H groups in total. The zero-order chi connectivity index (χ0) is 22.3. The number of amides is 1. The molecule has 8 nitrogen and oxygen atoms in total. The molecule has 0 unspecified atom stereocenters. The van der Waals surface area contributed by atoms with Gasteiger partial charge in [-0.1, -0.05) is 24.3 Å². The van der Waals surface area contributed by atoms with Crippen molar-refractivity contribution in [1.29, 1.82) is 0 Å². The fraction of sp³-hybridized carbons (Fsp3) is 0.125. The molecular formula is C24H21N5O3. The normalized spacial score (nSPS) is 10.6. The van der Waals surface area contributed by atoms with Crippen LogP contribution in [0.4, 0.5) is 5.69 Å². The van der Waals surface area contributed by atoms with Crippen LogP contribution >= 0.6 is 0 Å². The monoisotopic (exact) mass is 427 g/mol. The van der Waals surface area contributed by atoms with E-state index in [4.69, 9.17) is 0 Å². The Morgan fingerprint density at radius 1 is 1.00 bits per heavy atom. The molecule has 0 aliphatic heterocycles. The number of aromatic nitrogens is 3. The standard InChI is InChI=1S/C24H21N5O3/c30-23(26-15-13-20-6-4-5-14-25-20)16-19-17-28(21-7-2-1-3-8-21)27-24(19)18-9-11-22(12-10-18)29(31)32/h1-12,14,17H,13,15-16H2,(H,26,30). The Morgan fingerprint density at radius 2 is 1.75 bits per heavy atom. The number of pyridine rings is 1. The van der Waals surface area contributed by atoms with Crippen LogP contribution in [0.25, 0.3) is 16.9 Å². The molecule has 1 amide bonds. The first-order valence-corrected chi connectivity index (χ1v) is 10.2. The summed E-state index contributed by atoms with van der Waals surface area (Å²) in [5.41, 5.74) is 3.84. The van der Waals surface area contributed by atoms with Gasteiger partial charge >= 0.3 is 0 Å². The second-order valence-electron chi connectivity index (χ2n) is 7.18. The lowest BCUT2D eigenvalue weighted by atomic mass is 10.1. The molecule has 0 bridgehead atoms. The van der Waals surface area contributed by atoms with Gasteiger partial charge in [-0.2, -0.15) is 5.10 Å². The third-order valence-electron chi connectivity index (χ3n) is 4.94. The largest absolute Gasteiger partial charge is 0.355 e. The molecule has 0 radical (unpaired) electrons. The van der Waals surface area contributed by atoms with Gasteiger partial charge < -0.3 is 5.32 Å². The smallest absolute Gasteiger partial charge is 0.269 e. The highest BCUT2D eigenvalue weighted by Crippen LogP contribution is 2.26. The third-order valence-corrected chi connectivity index (χ3v) is 4.94. The summed E-state index contributed by atoms with van der Waals surface area (Å²) in [6, 6.07) is 21.4. The summed E-state index contributed by atoms with van der Waals surface area (Å²) in [4.78, 5) is 27.4. The molecule has 2 aromatic carbocycles. The van der Waals surface area contributed by atoms with E-state index >= 15 is 0 Å². The Morgan fingerprint density at radius 3 is 2.44 bits per heavy atom. The minimum absolute atomic E-state index is 0.00468. The van der Waals surface area contributed by atoms with Crippen LogP contribution < -0.4 is 5.32 Å². The number of nitro groups is 1. The van der Waals surface area contributed by atoms with E-state index < -0.39 is 4.92 Å². The third kappa shape index (κ3) is 5.04. The van der Waals surface area contributed by atoms with Crippen molar-refractivity contribution in [3.05, 3.63) is 107 Å². The summed E-state index contributed by atoms with van der Waals surface area (Å²) in [6.07, 6.45) is 4.34. The van der Waals surface area contributed by atoms with E-state index in [0.717, 1.165) is 16.9 Å². The van der Waals surface area contributed by atoms with Crippen molar-refractivity contribution in [3.63, 3.8) is 0 Å². The first-order chi connectivity index (χ1) is 15.6. The number of para-hydroxylation sites is 1. The van der Waals surface area contributed by atoms with Gasteiger partial charge in [0.1, 0.15) is 0 Å². The fourth-order valence-electron chi connectivity index (χ4n) is 3.35. The van der Waals surface area contributed by atoms with Gasteiger partial charge in [-0.05, 0) is 36.4 Å². The molecule has 0 atom stereocenters. The Kier molecular flexibility index (Phi) is 6.31. The number of nitrogens with one attached hydrogen (secondary N) is 1. The summed E-state index contributed by atoms with van der Waals surface area (Å²) in [5, 5.41) is 18.6. The molecular weight excluding hydrogens is 406 g/mol. The number of benzene rings is 2. The predicted molar refractivity (Wildman–Crippen MR) is 120 cm³/mol. The summed E-state index contributed by atoms with van der Waals surface area (Å²) in [6.45, 7) is 0.482. The molecule has 160 valence electrons. The Hall–Kier alpha value is -4.33. The van der Waals surface area contributed by atoms with Crippen molar-refractivity contribution in [3.8, 4) is 16.9 Å². The van der Waals surface area contributed by atoms with Gasteiger partial charge in [0.2, 0.25) is 5.91 Å². The van der Waals surface area contributed by atoms with Crippen LogP contribution in [0.5, 0.6) is 0 Å². The number of carbonyl (C=O) groups excluding carboxylic acids is 1. The SMILES string of the molecule is O=C(Cc1cn(-c2ccccc2)nc1-c1ccc([N+](=O)[O-])cc1)NCCc1ccccn1. The molecule has 2 aromatic heterocycles. The molecule has 0 saturated carbocycles. The molecule has 0 spiro atoms. The lowest BCUT2D eigenvalue weighted by molar-refractivity contribution is -0.384. The van der Waals surface area contributed by atoms with Crippen molar-refractivity contribution < 1.29 is 9.72 Å². The maximum atomic E-state index is 12.6. The van der Waals surface area contributed by atoms with E-state index in [1.165, 1.54) is 12.1 Å². The first kappa shape index (κ1) is 20.9. The van der Waals surface area contributed by atoms with Crippen molar-refractivity contribution >= 4 is 11.6 Å². The van der Waals surface area contributed by atoms with E-state index in [1.54, 1.807) is 23.0 Å². The van der Waals surface area contributed by atoms with E-state index in [1.807, 2.05) is 54.7 Å². The zero-order valence-corrected chi connectivity index (χ0v) is 17.2.